The zero-order valence-corrected chi connectivity index (χ0v) is 11.6. The summed E-state index contributed by atoms with van der Waals surface area (Å²) >= 11 is 0. The summed E-state index contributed by atoms with van der Waals surface area (Å²) in [7, 11) is 0. The lowest BCUT2D eigenvalue weighted by molar-refractivity contribution is 0.0933. The highest BCUT2D eigenvalue weighted by molar-refractivity contribution is 5.97. The molecular weight excluding hydrogens is 246 g/mol. The summed E-state index contributed by atoms with van der Waals surface area (Å²) in [5, 5.41) is 0. The van der Waals surface area contributed by atoms with E-state index in [9.17, 15) is 4.79 Å². The van der Waals surface area contributed by atoms with Gasteiger partial charge in [0.05, 0.1) is 6.54 Å². The fourth-order valence-electron chi connectivity index (χ4n) is 2.79. The van der Waals surface area contributed by atoms with Gasteiger partial charge in [-0.1, -0.05) is 54.6 Å². The van der Waals surface area contributed by atoms with Gasteiger partial charge < -0.3 is 0 Å². The number of Topliss-reactive ketones (excluding diaryl/α,β-unsaturated/α-hetero) is 1. The van der Waals surface area contributed by atoms with E-state index in [1.165, 1.54) is 11.1 Å². The molecule has 0 fully saturated rings. The summed E-state index contributed by atoms with van der Waals surface area (Å²) < 4.78 is 0. The molecule has 2 nitrogen and oxygen atoms in total. The Morgan fingerprint density at radius 3 is 2.00 bits per heavy atom. The molecule has 0 saturated heterocycles. The molecule has 2 heteroatoms. The monoisotopic (exact) mass is 265 g/mol. The van der Waals surface area contributed by atoms with Crippen molar-refractivity contribution >= 4 is 5.78 Å². The van der Waals surface area contributed by atoms with E-state index in [1.54, 1.807) is 0 Å². The van der Waals surface area contributed by atoms with Gasteiger partial charge in [0.1, 0.15) is 0 Å². The van der Waals surface area contributed by atoms with E-state index in [4.69, 9.17) is 0 Å². The molecule has 1 aliphatic heterocycles. The predicted molar refractivity (Wildman–Crippen MR) is 81.1 cm³/mol. The molecule has 0 bridgehead atoms. The number of nitrogens with zero attached hydrogens (tertiary/aromatic N) is 1. The minimum Gasteiger partial charge on any atom is -0.295 e. The first-order valence-electron chi connectivity index (χ1n) is 7.20. The van der Waals surface area contributed by atoms with E-state index >= 15 is 0 Å². The molecule has 2 aromatic rings. The second-order valence-electron chi connectivity index (χ2n) is 5.33. The molecule has 1 aliphatic rings. The lowest BCUT2D eigenvalue weighted by Crippen LogP contribution is -2.32. The molecule has 0 atom stereocenters. The van der Waals surface area contributed by atoms with Crippen LogP contribution in [0.25, 0.3) is 0 Å². The van der Waals surface area contributed by atoms with Crippen LogP contribution in [-0.2, 0) is 12.8 Å². The molecule has 0 aliphatic carbocycles. The standard InChI is InChI=1S/C18H19NO/c20-18(17-8-2-1-3-9-17)14-19-12-10-15-6-4-5-7-16(15)11-13-19/h1-9H,10-14H2. The summed E-state index contributed by atoms with van der Waals surface area (Å²) in [5.41, 5.74) is 3.68. The summed E-state index contributed by atoms with van der Waals surface area (Å²) in [6.07, 6.45) is 2.08. The number of carbonyl (C=O) groups excluding carboxylic acids is 1. The molecule has 0 spiro atoms. The summed E-state index contributed by atoms with van der Waals surface area (Å²) in [4.78, 5) is 14.5. The van der Waals surface area contributed by atoms with Crippen LogP contribution in [0.3, 0.4) is 0 Å². The molecule has 3 rings (SSSR count). The zero-order valence-electron chi connectivity index (χ0n) is 11.6. The van der Waals surface area contributed by atoms with Crippen LogP contribution >= 0.6 is 0 Å². The average Bonchev–Trinajstić information content (AvgIpc) is 2.71. The molecule has 0 saturated carbocycles. The molecule has 102 valence electrons. The minimum absolute atomic E-state index is 0.219. The van der Waals surface area contributed by atoms with Crippen molar-refractivity contribution in [2.45, 2.75) is 12.8 Å². The predicted octanol–water partition coefficient (Wildman–Crippen LogP) is 2.97. The Hall–Kier alpha value is -1.93. The molecule has 20 heavy (non-hydrogen) atoms. The smallest absolute Gasteiger partial charge is 0.176 e. The molecule has 1 heterocycles. The average molecular weight is 265 g/mol. The van der Waals surface area contributed by atoms with Crippen LogP contribution in [0, 0.1) is 0 Å². The van der Waals surface area contributed by atoms with Crippen LogP contribution in [-0.4, -0.2) is 30.3 Å². The lowest BCUT2D eigenvalue weighted by Gasteiger charge is -2.18. The van der Waals surface area contributed by atoms with Crippen LogP contribution in [0.5, 0.6) is 0 Å². The van der Waals surface area contributed by atoms with Crippen molar-refractivity contribution in [3.8, 4) is 0 Å². The number of carbonyl (C=O) groups is 1. The Morgan fingerprint density at radius 1 is 0.850 bits per heavy atom. The van der Waals surface area contributed by atoms with Crippen molar-refractivity contribution in [1.29, 1.82) is 0 Å². The largest absolute Gasteiger partial charge is 0.295 e. The van der Waals surface area contributed by atoms with Gasteiger partial charge in [0.2, 0.25) is 0 Å². The van der Waals surface area contributed by atoms with Crippen molar-refractivity contribution in [2.75, 3.05) is 19.6 Å². The first-order chi connectivity index (χ1) is 9.83. The van der Waals surface area contributed by atoms with E-state index in [0.29, 0.717) is 6.54 Å². The van der Waals surface area contributed by atoms with Gasteiger partial charge in [-0.05, 0) is 24.0 Å². The van der Waals surface area contributed by atoms with Crippen LogP contribution in [0.2, 0.25) is 0 Å². The molecule has 0 radical (unpaired) electrons. The highest BCUT2D eigenvalue weighted by Gasteiger charge is 2.16. The van der Waals surface area contributed by atoms with E-state index in [0.717, 1.165) is 31.5 Å². The third-order valence-corrected chi connectivity index (χ3v) is 3.98. The van der Waals surface area contributed by atoms with Gasteiger partial charge in [-0.3, -0.25) is 9.69 Å². The third kappa shape index (κ3) is 2.97. The van der Waals surface area contributed by atoms with Crippen LogP contribution in [0.4, 0.5) is 0 Å². The zero-order chi connectivity index (χ0) is 13.8. The number of hydrogen-bond acceptors (Lipinski definition) is 2. The highest BCUT2D eigenvalue weighted by atomic mass is 16.1. The quantitative estimate of drug-likeness (QED) is 0.795. The van der Waals surface area contributed by atoms with Crippen molar-refractivity contribution in [3.63, 3.8) is 0 Å². The van der Waals surface area contributed by atoms with E-state index in [-0.39, 0.29) is 5.78 Å². The maximum atomic E-state index is 12.3. The Labute approximate surface area is 120 Å². The third-order valence-electron chi connectivity index (χ3n) is 3.98. The van der Waals surface area contributed by atoms with Crippen LogP contribution in [0.15, 0.2) is 54.6 Å². The van der Waals surface area contributed by atoms with Crippen LogP contribution < -0.4 is 0 Å². The Balaban J connectivity index is 1.65. The number of benzene rings is 2. The fourth-order valence-corrected chi connectivity index (χ4v) is 2.79. The van der Waals surface area contributed by atoms with Gasteiger partial charge in [0.15, 0.2) is 5.78 Å². The molecule has 0 aromatic heterocycles. The maximum absolute atomic E-state index is 12.3. The molecule has 2 aromatic carbocycles. The second-order valence-corrected chi connectivity index (χ2v) is 5.33. The molecule has 0 amide bonds. The first-order valence-corrected chi connectivity index (χ1v) is 7.20. The maximum Gasteiger partial charge on any atom is 0.176 e. The Kier molecular flexibility index (Phi) is 3.93. The Bertz CT molecular complexity index is 564. The van der Waals surface area contributed by atoms with Crippen LogP contribution in [0.1, 0.15) is 21.5 Å². The summed E-state index contributed by atoms with van der Waals surface area (Å²) in [6, 6.07) is 18.2. The highest BCUT2D eigenvalue weighted by Crippen LogP contribution is 2.15. The van der Waals surface area contributed by atoms with Gasteiger partial charge in [0, 0.05) is 18.7 Å². The SMILES string of the molecule is O=C(CN1CCc2ccccc2CC1)c1ccccc1. The van der Waals surface area contributed by atoms with Gasteiger partial charge >= 0.3 is 0 Å². The molecule has 0 unspecified atom stereocenters. The van der Waals surface area contributed by atoms with E-state index < -0.39 is 0 Å². The topological polar surface area (TPSA) is 20.3 Å². The molecule has 0 N–H and O–H groups in total. The normalized spacial score (nSPS) is 15.4. The van der Waals surface area contributed by atoms with Gasteiger partial charge in [-0.2, -0.15) is 0 Å². The summed E-state index contributed by atoms with van der Waals surface area (Å²) in [5.74, 6) is 0.219. The van der Waals surface area contributed by atoms with E-state index in [1.807, 2.05) is 30.3 Å². The van der Waals surface area contributed by atoms with Crippen molar-refractivity contribution in [3.05, 3.63) is 71.3 Å². The van der Waals surface area contributed by atoms with E-state index in [2.05, 4.69) is 29.2 Å². The van der Waals surface area contributed by atoms with Crippen molar-refractivity contribution in [1.82, 2.24) is 4.90 Å². The van der Waals surface area contributed by atoms with Crippen molar-refractivity contribution in [2.24, 2.45) is 0 Å². The summed E-state index contributed by atoms with van der Waals surface area (Å²) in [6.45, 7) is 2.46. The second kappa shape index (κ2) is 6.02. The van der Waals surface area contributed by atoms with Gasteiger partial charge in [-0.25, -0.2) is 0 Å². The van der Waals surface area contributed by atoms with Crippen molar-refractivity contribution < 1.29 is 4.79 Å². The van der Waals surface area contributed by atoms with Gasteiger partial charge in [-0.15, -0.1) is 0 Å². The Morgan fingerprint density at radius 2 is 1.40 bits per heavy atom. The number of fused-ring (bicyclic) bond motifs is 1. The first kappa shape index (κ1) is 13.1. The molecular formula is C18H19NO. The minimum atomic E-state index is 0.219. The number of ketones is 1. The van der Waals surface area contributed by atoms with Gasteiger partial charge in [0.25, 0.3) is 0 Å². The number of hydrogen-bond donors (Lipinski definition) is 0. The lowest BCUT2D eigenvalue weighted by atomic mass is 10.0. The fraction of sp³-hybridized carbons (Fsp3) is 0.278. The number of rotatable bonds is 3.